The lowest BCUT2D eigenvalue weighted by Gasteiger charge is -2.22. The van der Waals surface area contributed by atoms with E-state index in [2.05, 4.69) is 24.5 Å². The summed E-state index contributed by atoms with van der Waals surface area (Å²) in [6.07, 6.45) is 25.0. The minimum atomic E-state index is -1.37. The van der Waals surface area contributed by atoms with Crippen molar-refractivity contribution in [3.8, 4) is 0 Å². The van der Waals surface area contributed by atoms with Crippen molar-refractivity contribution >= 4 is 23.8 Å². The predicted octanol–water partition coefficient (Wildman–Crippen LogP) is 7.35. The zero-order valence-electron chi connectivity index (χ0n) is 30.5. The van der Waals surface area contributed by atoms with E-state index in [1.165, 1.54) is 102 Å². The average molecular weight is 691 g/mol. The molecule has 2 aliphatic heterocycles. The first kappa shape index (κ1) is 42.4. The first-order valence-electron chi connectivity index (χ1n) is 19.5. The van der Waals surface area contributed by atoms with E-state index in [0.717, 1.165) is 38.5 Å². The van der Waals surface area contributed by atoms with Gasteiger partial charge in [-0.3, -0.25) is 9.59 Å². The second-order valence-corrected chi connectivity index (χ2v) is 13.9. The summed E-state index contributed by atoms with van der Waals surface area (Å²) in [5.41, 5.74) is 0.726. The number of ether oxygens (including phenoxy) is 2. The molecule has 2 aliphatic rings. The minimum Gasteiger partial charge on any atom is -0.429 e. The number of amides is 2. The summed E-state index contributed by atoms with van der Waals surface area (Å²) in [4.78, 5) is 49.4. The van der Waals surface area contributed by atoms with Crippen LogP contribution in [0.2, 0.25) is 0 Å². The molecule has 49 heavy (non-hydrogen) atoms. The van der Waals surface area contributed by atoms with Crippen molar-refractivity contribution in [3.05, 3.63) is 23.3 Å². The molecular weight excluding hydrogens is 624 g/mol. The zero-order chi connectivity index (χ0) is 35.7. The first-order chi connectivity index (χ1) is 23.7. The zero-order valence-corrected chi connectivity index (χ0v) is 30.5. The molecule has 0 aromatic heterocycles. The molecule has 0 radical (unpaired) electrons. The van der Waals surface area contributed by atoms with Crippen LogP contribution in [-0.4, -0.2) is 58.6 Å². The monoisotopic (exact) mass is 690 g/mol. The van der Waals surface area contributed by atoms with Gasteiger partial charge in [-0.15, -0.1) is 0 Å². The number of aliphatic hydroxyl groups is 2. The smallest absolute Gasteiger partial charge is 0.333 e. The number of carbonyl (C=O) groups excluding carboxylic acids is 4. The van der Waals surface area contributed by atoms with Crippen molar-refractivity contribution in [1.29, 1.82) is 0 Å². The van der Waals surface area contributed by atoms with Crippen LogP contribution in [0.15, 0.2) is 23.3 Å². The number of aliphatic hydroxyl groups excluding tert-OH is 2. The largest absolute Gasteiger partial charge is 0.429 e. The number of cyclic esters (lactones) is 2. The molecule has 4 unspecified atom stereocenters. The fraction of sp³-hybridized carbons (Fsp3) is 0.795. The van der Waals surface area contributed by atoms with E-state index >= 15 is 0 Å². The number of unbranched alkanes of at least 4 members (excludes halogenated alkanes) is 18. The Morgan fingerprint density at radius 2 is 0.857 bits per heavy atom. The van der Waals surface area contributed by atoms with Gasteiger partial charge in [0.1, 0.15) is 0 Å². The Morgan fingerprint density at radius 1 is 0.551 bits per heavy atom. The molecule has 2 rings (SSSR count). The van der Waals surface area contributed by atoms with Gasteiger partial charge in [-0.25, -0.2) is 9.59 Å². The van der Waals surface area contributed by atoms with Crippen LogP contribution in [0.5, 0.6) is 0 Å². The third-order valence-electron chi connectivity index (χ3n) is 9.57. The molecular formula is C39H66N2O8. The Bertz CT molecular complexity index is 962. The summed E-state index contributed by atoms with van der Waals surface area (Å²) in [5.74, 6) is -1.79. The van der Waals surface area contributed by atoms with Gasteiger partial charge in [0.25, 0.3) is 0 Å². The van der Waals surface area contributed by atoms with Crippen LogP contribution in [0.25, 0.3) is 0 Å². The summed E-state index contributed by atoms with van der Waals surface area (Å²) in [7, 11) is 0. The number of rotatable bonds is 30. The van der Waals surface area contributed by atoms with Crippen LogP contribution < -0.4 is 10.6 Å². The van der Waals surface area contributed by atoms with Crippen molar-refractivity contribution in [1.82, 2.24) is 10.6 Å². The Balaban J connectivity index is 1.75. The van der Waals surface area contributed by atoms with Gasteiger partial charge in [-0.2, -0.15) is 0 Å². The van der Waals surface area contributed by atoms with Crippen molar-refractivity contribution in [2.24, 2.45) is 0 Å². The molecule has 2 heterocycles. The van der Waals surface area contributed by atoms with Gasteiger partial charge >= 0.3 is 11.9 Å². The summed E-state index contributed by atoms with van der Waals surface area (Å²) in [6.45, 7) is 4.44. The lowest BCUT2D eigenvalue weighted by Crippen LogP contribution is -2.40. The predicted molar refractivity (Wildman–Crippen MR) is 191 cm³/mol. The second kappa shape index (κ2) is 26.1. The van der Waals surface area contributed by atoms with Crippen LogP contribution >= 0.6 is 0 Å². The highest BCUT2D eigenvalue weighted by molar-refractivity contribution is 5.87. The van der Waals surface area contributed by atoms with E-state index in [9.17, 15) is 29.4 Å². The molecule has 0 aromatic carbocycles. The first-order valence-corrected chi connectivity index (χ1v) is 19.5. The van der Waals surface area contributed by atoms with Crippen LogP contribution in [-0.2, 0) is 28.7 Å². The maximum atomic E-state index is 12.9. The molecule has 280 valence electrons. The highest BCUT2D eigenvalue weighted by atomic mass is 16.6. The van der Waals surface area contributed by atoms with E-state index in [0.29, 0.717) is 30.4 Å². The Hall–Kier alpha value is -2.72. The van der Waals surface area contributed by atoms with E-state index in [-0.39, 0.29) is 24.7 Å². The highest BCUT2D eigenvalue weighted by Gasteiger charge is 2.32. The molecule has 0 saturated heterocycles. The number of esters is 2. The molecule has 0 bridgehead atoms. The number of hydrogen-bond acceptors (Lipinski definition) is 8. The van der Waals surface area contributed by atoms with Crippen LogP contribution in [0.3, 0.4) is 0 Å². The fourth-order valence-electron chi connectivity index (χ4n) is 6.64. The van der Waals surface area contributed by atoms with Gasteiger partial charge in [-0.1, -0.05) is 142 Å². The molecule has 10 heteroatoms. The van der Waals surface area contributed by atoms with E-state index in [1.54, 1.807) is 0 Å². The second-order valence-electron chi connectivity index (χ2n) is 13.9. The van der Waals surface area contributed by atoms with Crippen molar-refractivity contribution < 1.29 is 38.9 Å². The fourth-order valence-corrected chi connectivity index (χ4v) is 6.64. The number of hydrogen-bond donors (Lipinski definition) is 4. The van der Waals surface area contributed by atoms with Gasteiger partial charge in [0.15, 0.2) is 0 Å². The number of nitrogens with one attached hydrogen (secondary N) is 2. The molecule has 0 spiro atoms. The van der Waals surface area contributed by atoms with Crippen LogP contribution in [0.1, 0.15) is 174 Å². The molecule has 0 saturated carbocycles. The van der Waals surface area contributed by atoms with Crippen LogP contribution in [0, 0.1) is 0 Å². The molecule has 0 aliphatic carbocycles. The topological polar surface area (TPSA) is 151 Å². The lowest BCUT2D eigenvalue weighted by molar-refractivity contribution is -0.152. The summed E-state index contributed by atoms with van der Waals surface area (Å²) in [6, 6.07) is -1.04. The molecule has 4 atom stereocenters. The summed E-state index contributed by atoms with van der Waals surface area (Å²) < 4.78 is 9.76. The van der Waals surface area contributed by atoms with Gasteiger partial charge in [0.2, 0.25) is 24.4 Å². The Kier molecular flexibility index (Phi) is 22.6. The normalized spacial score (nSPS) is 18.4. The molecule has 0 aromatic rings. The molecule has 2 amide bonds. The number of carbonyl (C=O) groups is 4. The van der Waals surface area contributed by atoms with Gasteiger partial charge < -0.3 is 30.3 Å². The van der Waals surface area contributed by atoms with Crippen LogP contribution in [0.4, 0.5) is 0 Å². The van der Waals surface area contributed by atoms with E-state index < -0.39 is 36.6 Å². The SMILES string of the molecule is CCCCCCCCCCCCC(NC(=O)CCCC(=O)NC(CCCCCCCCCCCC)C1=CC(=O)OC1O)C1=CC(=O)OC1O. The Morgan fingerprint density at radius 3 is 1.14 bits per heavy atom. The maximum Gasteiger partial charge on any atom is 0.333 e. The van der Waals surface area contributed by atoms with E-state index in [4.69, 9.17) is 9.47 Å². The van der Waals surface area contributed by atoms with Gasteiger partial charge in [0.05, 0.1) is 12.1 Å². The van der Waals surface area contributed by atoms with Crippen molar-refractivity contribution in [3.63, 3.8) is 0 Å². The molecule has 0 fully saturated rings. The third kappa shape index (κ3) is 18.7. The van der Waals surface area contributed by atoms with Crippen molar-refractivity contribution in [2.75, 3.05) is 0 Å². The van der Waals surface area contributed by atoms with E-state index in [1.807, 2.05) is 0 Å². The summed E-state index contributed by atoms with van der Waals surface area (Å²) >= 11 is 0. The highest BCUT2D eigenvalue weighted by Crippen LogP contribution is 2.24. The Labute approximate surface area is 295 Å². The summed E-state index contributed by atoms with van der Waals surface area (Å²) in [5, 5.41) is 26.4. The van der Waals surface area contributed by atoms with Gasteiger partial charge in [0, 0.05) is 36.1 Å². The minimum absolute atomic E-state index is 0.0934. The van der Waals surface area contributed by atoms with Crippen molar-refractivity contribution in [2.45, 2.75) is 199 Å². The lowest BCUT2D eigenvalue weighted by atomic mass is 9.98. The quantitative estimate of drug-likeness (QED) is 0.0451. The molecule has 10 nitrogen and oxygen atoms in total. The molecule has 4 N–H and O–H groups in total. The maximum absolute atomic E-state index is 12.9. The third-order valence-corrected chi connectivity index (χ3v) is 9.57. The average Bonchev–Trinajstić information content (AvgIpc) is 3.59. The standard InChI is InChI=1S/C39H66N2O8/c1-3-5-7-9-11-13-15-17-19-21-24-32(30-28-36(44)48-38(30)46)40-34(42)26-23-27-35(43)41-33(31-29-37(45)49-39(31)47)25-22-20-18-16-14-12-10-8-6-4-2/h28-29,32-33,38-39,46-47H,3-27H2,1-2H3,(H,40,42)(H,41,43). The van der Waals surface area contributed by atoms with Gasteiger partial charge in [-0.05, 0) is 19.3 Å².